The van der Waals surface area contributed by atoms with Crippen LogP contribution in [0.25, 0.3) is 22.6 Å². The largest absolute Gasteiger partial charge is 1.00 e. The van der Waals surface area contributed by atoms with E-state index in [4.69, 9.17) is 13.8 Å². The number of benzene rings is 4. The van der Waals surface area contributed by atoms with Crippen molar-refractivity contribution in [3.05, 3.63) is 96.1 Å². The van der Waals surface area contributed by atoms with E-state index in [0.717, 1.165) is 20.7 Å². The Hall–Kier alpha value is -2.18. The zero-order valence-corrected chi connectivity index (χ0v) is 21.8. The smallest absolute Gasteiger partial charge is 0.736 e. The monoisotopic (exact) mass is 484 g/mol. The summed E-state index contributed by atoms with van der Waals surface area (Å²) in [5.74, 6) is 1.03. The first-order chi connectivity index (χ1) is 15.5. The van der Waals surface area contributed by atoms with Crippen LogP contribution in [0.2, 0.25) is 0 Å². The molecule has 1 heterocycles. The number of fused-ring (bicyclic) bond motifs is 3. The van der Waals surface area contributed by atoms with Crippen molar-refractivity contribution in [3.63, 3.8) is 0 Å². The summed E-state index contributed by atoms with van der Waals surface area (Å²) in [5.41, 5.74) is 1.46. The van der Waals surface area contributed by atoms with Gasteiger partial charge >= 0.3 is 37.4 Å². The van der Waals surface area contributed by atoms with E-state index in [-0.39, 0.29) is 41.1 Å². The molecule has 5 rings (SSSR count). The van der Waals surface area contributed by atoms with Gasteiger partial charge in [-0.05, 0) is 41.3 Å². The van der Waals surface area contributed by atoms with Crippen LogP contribution in [0.5, 0.6) is 11.5 Å². The number of rotatable bonds is 5. The zero-order chi connectivity index (χ0) is 22.1. The second-order valence-corrected chi connectivity index (χ2v) is 9.40. The summed E-state index contributed by atoms with van der Waals surface area (Å²) in [4.78, 5) is 14.7. The van der Waals surface area contributed by atoms with Gasteiger partial charge in [0.1, 0.15) is 17.3 Å². The molecular formula is C25H18NaO5PS. The molecule has 0 N–H and O–H groups in total. The van der Waals surface area contributed by atoms with Gasteiger partial charge in [-0.3, -0.25) is 0 Å². The molecule has 1 aliphatic rings. The van der Waals surface area contributed by atoms with Gasteiger partial charge in [0.15, 0.2) is 0 Å². The maximum atomic E-state index is 13.0. The van der Waals surface area contributed by atoms with Gasteiger partial charge in [-0.25, -0.2) is 4.57 Å². The Morgan fingerprint density at radius 2 is 1.52 bits per heavy atom. The van der Waals surface area contributed by atoms with Gasteiger partial charge in [-0.1, -0.05) is 72.4 Å². The number of phosphoric acid groups is 1. The van der Waals surface area contributed by atoms with Gasteiger partial charge in [0.05, 0.1) is 12.0 Å². The molecule has 1 unspecified atom stereocenters. The molecule has 33 heavy (non-hydrogen) atoms. The first-order valence-corrected chi connectivity index (χ1v) is 12.2. The second kappa shape index (κ2) is 9.98. The van der Waals surface area contributed by atoms with Gasteiger partial charge in [-0.2, -0.15) is 0 Å². The van der Waals surface area contributed by atoms with Crippen molar-refractivity contribution in [2.24, 2.45) is 0 Å². The van der Waals surface area contributed by atoms with Crippen molar-refractivity contribution in [1.29, 1.82) is 0 Å². The molecule has 0 amide bonds. The SMILES string of the molecule is COc1cccc2c1Sc1ccccc1C=C2OP(=O)([O-])Oc1cccc2ccccc12.[Na+]. The van der Waals surface area contributed by atoms with Gasteiger partial charge in [0.25, 0.3) is 0 Å². The quantitative estimate of drug-likeness (QED) is 0.320. The number of hydrogen-bond acceptors (Lipinski definition) is 6. The molecule has 0 aliphatic carbocycles. The van der Waals surface area contributed by atoms with E-state index in [1.165, 1.54) is 11.8 Å². The Labute approximate surface area is 218 Å². The van der Waals surface area contributed by atoms with Crippen molar-refractivity contribution in [2.45, 2.75) is 9.79 Å². The molecule has 0 fully saturated rings. The van der Waals surface area contributed by atoms with Crippen LogP contribution < -0.4 is 43.7 Å². The first kappa shape index (κ1) is 24.0. The van der Waals surface area contributed by atoms with E-state index in [0.29, 0.717) is 16.7 Å². The predicted molar refractivity (Wildman–Crippen MR) is 125 cm³/mol. The molecule has 0 radical (unpaired) electrons. The van der Waals surface area contributed by atoms with Crippen LogP contribution in [0.4, 0.5) is 0 Å². The minimum absolute atomic E-state index is 0. The Bertz CT molecular complexity index is 1400. The van der Waals surface area contributed by atoms with E-state index in [9.17, 15) is 9.46 Å². The molecule has 4 aromatic rings. The van der Waals surface area contributed by atoms with Crippen LogP contribution in [-0.4, -0.2) is 7.11 Å². The topological polar surface area (TPSA) is 67.8 Å². The second-order valence-electron chi connectivity index (χ2n) is 7.09. The van der Waals surface area contributed by atoms with Crippen LogP contribution in [0.3, 0.4) is 0 Å². The zero-order valence-electron chi connectivity index (χ0n) is 18.1. The molecule has 1 atom stereocenters. The molecule has 0 spiro atoms. The minimum atomic E-state index is -4.77. The normalized spacial score (nSPS) is 13.9. The third-order valence-electron chi connectivity index (χ3n) is 5.05. The first-order valence-electron chi connectivity index (χ1n) is 9.88. The standard InChI is InChI=1S/C25H19O5PS.Na/c1-28-22-14-7-12-20-23(16-18-9-3-5-15-24(18)32-25(20)22)30-31(26,27)29-21-13-6-10-17-8-2-4-11-19(17)21;/h2-16H,1H3,(H,26,27);/q;+1/p-1. The summed E-state index contributed by atoms with van der Waals surface area (Å²) in [5, 5.41) is 1.56. The van der Waals surface area contributed by atoms with Crippen LogP contribution in [-0.2, 0) is 9.09 Å². The third kappa shape index (κ3) is 5.02. The average molecular weight is 484 g/mol. The Morgan fingerprint density at radius 3 is 2.36 bits per heavy atom. The average Bonchev–Trinajstić information content (AvgIpc) is 2.95. The minimum Gasteiger partial charge on any atom is -0.736 e. The summed E-state index contributed by atoms with van der Waals surface area (Å²) >= 11 is 1.50. The summed E-state index contributed by atoms with van der Waals surface area (Å²) in [7, 11) is -3.18. The van der Waals surface area contributed by atoms with Gasteiger partial charge in [0, 0.05) is 15.8 Å². The van der Waals surface area contributed by atoms with Crippen LogP contribution in [0.15, 0.2) is 94.7 Å². The van der Waals surface area contributed by atoms with Gasteiger partial charge < -0.3 is 18.7 Å². The van der Waals surface area contributed by atoms with E-state index in [1.54, 1.807) is 37.5 Å². The summed E-state index contributed by atoms with van der Waals surface area (Å²) in [6, 6.07) is 25.8. The molecule has 1 aliphatic heterocycles. The Kier molecular flexibility index (Phi) is 7.25. The van der Waals surface area contributed by atoms with E-state index in [2.05, 4.69) is 0 Å². The van der Waals surface area contributed by atoms with Crippen molar-refractivity contribution in [1.82, 2.24) is 0 Å². The third-order valence-corrected chi connectivity index (χ3v) is 7.11. The number of ether oxygens (including phenoxy) is 1. The molecule has 5 nitrogen and oxygen atoms in total. The summed E-state index contributed by atoms with van der Waals surface area (Å²) in [6.45, 7) is 0. The van der Waals surface area contributed by atoms with Crippen LogP contribution >= 0.6 is 19.6 Å². The maximum absolute atomic E-state index is 13.0. The molecule has 0 aromatic heterocycles. The number of hydrogen-bond donors (Lipinski definition) is 0. The summed E-state index contributed by atoms with van der Waals surface area (Å²) in [6.07, 6.45) is 1.71. The van der Waals surface area contributed by atoms with Crippen molar-refractivity contribution in [3.8, 4) is 11.5 Å². The molecule has 0 bridgehead atoms. The number of methoxy groups -OCH3 is 1. The predicted octanol–water partition coefficient (Wildman–Crippen LogP) is 3.38. The van der Waals surface area contributed by atoms with Crippen LogP contribution in [0.1, 0.15) is 11.1 Å². The van der Waals surface area contributed by atoms with Crippen LogP contribution in [0, 0.1) is 0 Å². The number of phosphoric ester groups is 1. The van der Waals surface area contributed by atoms with E-state index >= 15 is 0 Å². The fourth-order valence-corrected chi connectivity index (χ4v) is 5.58. The molecular weight excluding hydrogens is 466 g/mol. The fraction of sp³-hybridized carbons (Fsp3) is 0.0400. The van der Waals surface area contributed by atoms with Gasteiger partial charge in [-0.15, -0.1) is 0 Å². The Balaban J connectivity index is 0.00000259. The van der Waals surface area contributed by atoms with Crippen molar-refractivity contribution >= 4 is 42.2 Å². The Morgan fingerprint density at radius 1 is 0.818 bits per heavy atom. The summed E-state index contributed by atoms with van der Waals surface area (Å²) < 4.78 is 29.5. The molecule has 4 aromatic carbocycles. The molecule has 160 valence electrons. The maximum Gasteiger partial charge on any atom is 1.00 e. The van der Waals surface area contributed by atoms with Gasteiger partial charge in [0.2, 0.25) is 0 Å². The van der Waals surface area contributed by atoms with E-state index in [1.807, 2.05) is 60.7 Å². The van der Waals surface area contributed by atoms with Crippen molar-refractivity contribution in [2.75, 3.05) is 7.11 Å². The molecule has 0 saturated heterocycles. The molecule has 0 saturated carbocycles. The fourth-order valence-electron chi connectivity index (χ4n) is 3.61. The van der Waals surface area contributed by atoms with E-state index < -0.39 is 7.82 Å². The van der Waals surface area contributed by atoms with Crippen molar-refractivity contribution < 1.29 is 52.8 Å². The molecule has 8 heteroatoms.